The Balaban J connectivity index is 2.65. The molecule has 76 valence electrons. The van der Waals surface area contributed by atoms with Crippen molar-refractivity contribution in [3.05, 3.63) is 35.6 Å². The van der Waals surface area contributed by atoms with Crippen molar-refractivity contribution >= 4 is 13.9 Å². The highest BCUT2D eigenvalue weighted by molar-refractivity contribution is 7.53. The minimum absolute atomic E-state index is 0.405. The van der Waals surface area contributed by atoms with E-state index in [9.17, 15) is 8.96 Å². The largest absolute Gasteiger partial charge is 0.405 e. The molecule has 0 heterocycles. The lowest BCUT2D eigenvalue weighted by Crippen LogP contribution is -2.05. The number of halogens is 1. The van der Waals surface area contributed by atoms with Gasteiger partial charge in [-0.1, -0.05) is 17.3 Å². The van der Waals surface area contributed by atoms with Crippen LogP contribution >= 0.6 is 7.67 Å². The van der Waals surface area contributed by atoms with Gasteiger partial charge in [0.2, 0.25) is 0 Å². The fraction of sp³-hybridized carbons (Fsp3) is 0. The molecule has 1 aromatic rings. The predicted molar refractivity (Wildman–Crippen MR) is 51.1 cm³/mol. The molecule has 0 aliphatic carbocycles. The van der Waals surface area contributed by atoms with Crippen LogP contribution in [0.5, 0.6) is 0 Å². The summed E-state index contributed by atoms with van der Waals surface area (Å²) >= 11 is 0. The quantitative estimate of drug-likeness (QED) is 0.452. The molecule has 0 aliphatic heterocycles. The molecule has 1 rings (SSSR count). The van der Waals surface area contributed by atoms with Crippen molar-refractivity contribution in [2.24, 2.45) is 16.2 Å². The first-order chi connectivity index (χ1) is 6.47. The van der Waals surface area contributed by atoms with Gasteiger partial charge in [-0.15, -0.1) is 0 Å². The molecule has 0 aromatic heterocycles. The van der Waals surface area contributed by atoms with Crippen molar-refractivity contribution in [3.63, 3.8) is 0 Å². The highest BCUT2D eigenvalue weighted by Gasteiger charge is 2.06. The van der Waals surface area contributed by atoms with Gasteiger partial charge in [0.05, 0.1) is 6.21 Å². The third-order valence-electron chi connectivity index (χ3n) is 1.23. The molecule has 0 bridgehead atoms. The van der Waals surface area contributed by atoms with Crippen molar-refractivity contribution in [1.29, 1.82) is 0 Å². The summed E-state index contributed by atoms with van der Waals surface area (Å²) in [4.78, 5) is 0. The zero-order chi connectivity index (χ0) is 10.6. The zero-order valence-electron chi connectivity index (χ0n) is 7.13. The van der Waals surface area contributed by atoms with E-state index in [2.05, 4.69) is 9.78 Å². The monoisotopic (exact) mass is 217 g/mol. The van der Waals surface area contributed by atoms with Gasteiger partial charge in [-0.05, 0) is 17.7 Å². The molecule has 0 aliphatic rings. The topological polar surface area (TPSA) is 90.7 Å². The first kappa shape index (κ1) is 10.8. The Morgan fingerprint density at radius 2 is 2.21 bits per heavy atom. The first-order valence-corrected chi connectivity index (χ1v) is 5.38. The van der Waals surface area contributed by atoms with E-state index >= 15 is 0 Å². The summed E-state index contributed by atoms with van der Waals surface area (Å²) in [5.74, 6) is -0.405. The van der Waals surface area contributed by atoms with Crippen LogP contribution in [0.2, 0.25) is 0 Å². The maximum atomic E-state index is 12.6. The molecule has 5 nitrogen and oxygen atoms in total. The third kappa shape index (κ3) is 4.13. The normalized spacial score (nSPS) is 11.9. The minimum atomic E-state index is -3.61. The average molecular weight is 217 g/mol. The second-order valence-corrected chi connectivity index (χ2v) is 3.97. The second-order valence-electron chi connectivity index (χ2n) is 2.52. The zero-order valence-corrected chi connectivity index (χ0v) is 8.02. The summed E-state index contributed by atoms with van der Waals surface area (Å²) in [6.07, 6.45) is 1.16. The molecule has 0 saturated heterocycles. The Labute approximate surface area is 80.1 Å². The van der Waals surface area contributed by atoms with Crippen LogP contribution in [0.25, 0.3) is 0 Å². The Kier molecular flexibility index (Phi) is 3.35. The van der Waals surface area contributed by atoms with Gasteiger partial charge in [0, 0.05) is 0 Å². The second kappa shape index (κ2) is 4.32. The van der Waals surface area contributed by atoms with Crippen molar-refractivity contribution in [1.82, 2.24) is 0 Å². The summed E-state index contributed by atoms with van der Waals surface area (Å²) in [5, 5.41) is 3.25. The number of nitrogens with two attached hydrogens (primary N) is 2. The van der Waals surface area contributed by atoms with Crippen LogP contribution in [0.1, 0.15) is 5.56 Å². The molecule has 0 saturated carbocycles. The van der Waals surface area contributed by atoms with Crippen LogP contribution in [-0.4, -0.2) is 6.21 Å². The number of nitrogens with zero attached hydrogens (tertiary/aromatic N) is 1. The van der Waals surface area contributed by atoms with Crippen molar-refractivity contribution in [2.75, 3.05) is 0 Å². The van der Waals surface area contributed by atoms with Gasteiger partial charge in [-0.2, -0.15) is 0 Å². The van der Waals surface area contributed by atoms with Gasteiger partial charge in [0.15, 0.2) is 0 Å². The molecule has 14 heavy (non-hydrogen) atoms. The number of hydrogen-bond acceptors (Lipinski definition) is 3. The number of rotatable bonds is 3. The van der Waals surface area contributed by atoms with Gasteiger partial charge in [-0.25, -0.2) is 20.0 Å². The smallest absolute Gasteiger partial charge is 0.312 e. The lowest BCUT2D eigenvalue weighted by molar-refractivity contribution is 0.337. The van der Waals surface area contributed by atoms with Gasteiger partial charge < -0.3 is 4.62 Å². The first-order valence-electron chi connectivity index (χ1n) is 3.62. The fourth-order valence-electron chi connectivity index (χ4n) is 0.745. The predicted octanol–water partition coefficient (Wildman–Crippen LogP) is 1.20. The Hall–Kier alpha value is -1.23. The summed E-state index contributed by atoms with van der Waals surface area (Å²) in [6.45, 7) is 0. The standard InChI is InChI=1S/C7H9FN3O2P/c8-7-3-1-2-6(4-7)5-11-13-14(9,10)12/h1-5H,(H4,9,10,12). The maximum Gasteiger partial charge on any atom is 0.405 e. The Morgan fingerprint density at radius 1 is 1.50 bits per heavy atom. The molecular weight excluding hydrogens is 208 g/mol. The van der Waals surface area contributed by atoms with E-state index < -0.39 is 13.5 Å². The maximum absolute atomic E-state index is 12.6. The van der Waals surface area contributed by atoms with E-state index in [-0.39, 0.29) is 0 Å². The van der Waals surface area contributed by atoms with Crippen molar-refractivity contribution < 1.29 is 13.6 Å². The molecule has 0 radical (unpaired) electrons. The van der Waals surface area contributed by atoms with Crippen LogP contribution in [-0.2, 0) is 9.19 Å². The molecule has 0 spiro atoms. The summed E-state index contributed by atoms with van der Waals surface area (Å²) < 4.78 is 27.5. The fourth-order valence-corrected chi connectivity index (χ4v) is 0.939. The van der Waals surface area contributed by atoms with Crippen LogP contribution < -0.4 is 11.0 Å². The lowest BCUT2D eigenvalue weighted by Gasteiger charge is -2.00. The SMILES string of the molecule is NP(N)(=O)ON=Cc1cccc(F)c1. The lowest BCUT2D eigenvalue weighted by atomic mass is 10.2. The van der Waals surface area contributed by atoms with E-state index in [4.69, 9.17) is 11.0 Å². The molecule has 0 unspecified atom stereocenters. The number of hydrogen-bond donors (Lipinski definition) is 2. The molecular formula is C7H9FN3O2P. The average Bonchev–Trinajstić information content (AvgIpc) is 2.01. The van der Waals surface area contributed by atoms with E-state index in [1.54, 1.807) is 6.07 Å². The van der Waals surface area contributed by atoms with Gasteiger partial charge in [0.25, 0.3) is 0 Å². The van der Waals surface area contributed by atoms with Crippen molar-refractivity contribution in [3.8, 4) is 0 Å². The minimum Gasteiger partial charge on any atom is -0.312 e. The molecule has 0 atom stereocenters. The summed E-state index contributed by atoms with van der Waals surface area (Å²) in [5.41, 5.74) is 10.2. The van der Waals surface area contributed by atoms with Crippen LogP contribution in [0.15, 0.2) is 29.4 Å². The number of benzene rings is 1. The van der Waals surface area contributed by atoms with Crippen LogP contribution in [0.3, 0.4) is 0 Å². The van der Waals surface area contributed by atoms with E-state index in [0.29, 0.717) is 5.56 Å². The van der Waals surface area contributed by atoms with E-state index in [1.165, 1.54) is 18.2 Å². The van der Waals surface area contributed by atoms with E-state index in [1.807, 2.05) is 0 Å². The van der Waals surface area contributed by atoms with Gasteiger partial charge in [-0.3, -0.25) is 0 Å². The summed E-state index contributed by atoms with van der Waals surface area (Å²) in [7, 11) is -3.61. The molecule has 0 amide bonds. The van der Waals surface area contributed by atoms with Gasteiger partial charge in [0.1, 0.15) is 5.82 Å². The molecule has 1 aromatic carbocycles. The van der Waals surface area contributed by atoms with Gasteiger partial charge >= 0.3 is 7.67 Å². The highest BCUT2D eigenvalue weighted by Crippen LogP contribution is 2.26. The van der Waals surface area contributed by atoms with Crippen molar-refractivity contribution in [2.45, 2.75) is 0 Å². The molecule has 0 fully saturated rings. The summed E-state index contributed by atoms with van der Waals surface area (Å²) in [6, 6.07) is 5.61. The van der Waals surface area contributed by atoms with E-state index in [0.717, 1.165) is 6.21 Å². The van der Waals surface area contributed by atoms with Crippen LogP contribution in [0.4, 0.5) is 4.39 Å². The molecule has 4 N–H and O–H groups in total. The Bertz CT molecular complexity index is 390. The molecule has 7 heteroatoms. The van der Waals surface area contributed by atoms with Crippen LogP contribution in [0, 0.1) is 5.82 Å². The Morgan fingerprint density at radius 3 is 2.79 bits per heavy atom. The number of oxime groups is 1. The third-order valence-corrected chi connectivity index (χ3v) is 1.57. The highest BCUT2D eigenvalue weighted by atomic mass is 31.2.